The minimum atomic E-state index is -0.209. The zero-order valence-corrected chi connectivity index (χ0v) is 19.6. The second-order valence-corrected chi connectivity index (χ2v) is 7.02. The van der Waals surface area contributed by atoms with E-state index in [-0.39, 0.29) is 35.8 Å². The second-order valence-electron chi connectivity index (χ2n) is 7.02. The topological polar surface area (TPSA) is 52.1 Å². The summed E-state index contributed by atoms with van der Waals surface area (Å²) >= 11 is 0. The van der Waals surface area contributed by atoms with Crippen molar-refractivity contribution in [1.29, 1.82) is 0 Å². The molecule has 160 valence electrons. The molecule has 1 unspecified atom stereocenters. The first-order valence-corrected chi connectivity index (χ1v) is 9.84. The predicted octanol–water partition coefficient (Wildman–Crippen LogP) is 2.32. The highest BCUT2D eigenvalue weighted by atomic mass is 127. The van der Waals surface area contributed by atoms with Gasteiger partial charge in [0, 0.05) is 26.2 Å². The normalized spacial score (nSPS) is 16.5. The number of morpholine rings is 1. The van der Waals surface area contributed by atoms with Crippen LogP contribution in [0, 0.1) is 5.82 Å². The van der Waals surface area contributed by atoms with Gasteiger partial charge in [0.05, 0.1) is 25.8 Å². The summed E-state index contributed by atoms with van der Waals surface area (Å²) < 4.78 is 18.8. The van der Waals surface area contributed by atoms with Gasteiger partial charge in [-0.1, -0.05) is 12.1 Å². The SMILES string of the molecule is CCNC(=NCC(c1ccc(F)cc1)N1CCOCC1)NCCCN(C)C.I. The Morgan fingerprint density at radius 1 is 1.21 bits per heavy atom. The monoisotopic (exact) mass is 507 g/mol. The smallest absolute Gasteiger partial charge is 0.191 e. The Morgan fingerprint density at radius 3 is 2.50 bits per heavy atom. The molecule has 1 heterocycles. The first-order chi connectivity index (χ1) is 13.1. The van der Waals surface area contributed by atoms with Gasteiger partial charge in [0.1, 0.15) is 5.82 Å². The van der Waals surface area contributed by atoms with E-state index in [2.05, 4.69) is 41.5 Å². The minimum Gasteiger partial charge on any atom is -0.379 e. The highest BCUT2D eigenvalue weighted by Crippen LogP contribution is 2.22. The van der Waals surface area contributed by atoms with Crippen LogP contribution in [0.3, 0.4) is 0 Å². The van der Waals surface area contributed by atoms with Gasteiger partial charge in [-0.2, -0.15) is 0 Å². The molecule has 0 bridgehead atoms. The van der Waals surface area contributed by atoms with Crippen LogP contribution >= 0.6 is 24.0 Å². The lowest BCUT2D eigenvalue weighted by atomic mass is 10.0. The van der Waals surface area contributed by atoms with Crippen LogP contribution in [0.4, 0.5) is 4.39 Å². The molecular weight excluding hydrogens is 472 g/mol. The van der Waals surface area contributed by atoms with Gasteiger partial charge in [0.2, 0.25) is 0 Å². The van der Waals surface area contributed by atoms with Crippen LogP contribution in [0.1, 0.15) is 24.9 Å². The molecule has 0 radical (unpaired) electrons. The number of rotatable bonds is 9. The Balaban J connectivity index is 0.00000392. The fraction of sp³-hybridized carbons (Fsp3) is 0.650. The van der Waals surface area contributed by atoms with Gasteiger partial charge >= 0.3 is 0 Å². The Bertz CT molecular complexity index is 564. The van der Waals surface area contributed by atoms with Crippen molar-refractivity contribution in [2.45, 2.75) is 19.4 Å². The van der Waals surface area contributed by atoms with Crippen LogP contribution in [0.5, 0.6) is 0 Å². The van der Waals surface area contributed by atoms with Crippen molar-refractivity contribution in [3.05, 3.63) is 35.6 Å². The van der Waals surface area contributed by atoms with E-state index in [1.165, 1.54) is 12.1 Å². The molecule has 8 heteroatoms. The number of aliphatic imine (C=N–C) groups is 1. The largest absolute Gasteiger partial charge is 0.379 e. The highest BCUT2D eigenvalue weighted by Gasteiger charge is 2.22. The Kier molecular flexibility index (Phi) is 12.6. The van der Waals surface area contributed by atoms with Gasteiger partial charge in [0.25, 0.3) is 0 Å². The number of guanidine groups is 1. The maximum absolute atomic E-state index is 13.4. The maximum Gasteiger partial charge on any atom is 0.191 e. The number of ether oxygens (including phenoxy) is 1. The molecular formula is C20H35FIN5O. The molecule has 2 rings (SSSR count). The van der Waals surface area contributed by atoms with E-state index in [0.717, 1.165) is 63.9 Å². The maximum atomic E-state index is 13.4. The predicted molar refractivity (Wildman–Crippen MR) is 124 cm³/mol. The third-order valence-electron chi connectivity index (χ3n) is 4.58. The molecule has 0 saturated carbocycles. The number of nitrogens with zero attached hydrogens (tertiary/aromatic N) is 3. The molecule has 1 aliphatic rings. The van der Waals surface area contributed by atoms with E-state index in [4.69, 9.17) is 9.73 Å². The minimum absolute atomic E-state index is 0. The highest BCUT2D eigenvalue weighted by molar-refractivity contribution is 14.0. The molecule has 6 nitrogen and oxygen atoms in total. The molecule has 28 heavy (non-hydrogen) atoms. The van der Waals surface area contributed by atoms with E-state index in [1.807, 2.05) is 12.1 Å². The first kappa shape index (κ1) is 25.1. The average Bonchev–Trinajstić information content (AvgIpc) is 2.67. The van der Waals surface area contributed by atoms with Gasteiger partial charge in [-0.3, -0.25) is 9.89 Å². The summed E-state index contributed by atoms with van der Waals surface area (Å²) in [5.41, 5.74) is 1.09. The van der Waals surface area contributed by atoms with Gasteiger partial charge in [0.15, 0.2) is 5.96 Å². The third kappa shape index (κ3) is 9.02. The van der Waals surface area contributed by atoms with Crippen molar-refractivity contribution in [2.24, 2.45) is 4.99 Å². The van der Waals surface area contributed by atoms with Crippen molar-refractivity contribution in [3.63, 3.8) is 0 Å². The molecule has 1 aliphatic heterocycles. The molecule has 0 aromatic heterocycles. The fourth-order valence-corrected chi connectivity index (χ4v) is 3.13. The van der Waals surface area contributed by atoms with E-state index < -0.39 is 0 Å². The number of hydrogen-bond acceptors (Lipinski definition) is 4. The molecule has 1 aromatic rings. The number of halogens is 2. The molecule has 0 amide bonds. The average molecular weight is 507 g/mol. The Hall–Kier alpha value is -0.970. The van der Waals surface area contributed by atoms with E-state index in [0.29, 0.717) is 6.54 Å². The van der Waals surface area contributed by atoms with Crippen LogP contribution in [0.15, 0.2) is 29.3 Å². The van der Waals surface area contributed by atoms with E-state index in [1.54, 1.807) is 0 Å². The quantitative estimate of drug-likeness (QED) is 0.233. The number of hydrogen-bond donors (Lipinski definition) is 2. The Morgan fingerprint density at radius 2 is 1.89 bits per heavy atom. The van der Waals surface area contributed by atoms with Crippen LogP contribution in [-0.4, -0.2) is 82.3 Å². The van der Waals surface area contributed by atoms with Crippen molar-refractivity contribution in [2.75, 3.05) is 66.6 Å². The zero-order chi connectivity index (χ0) is 19.5. The summed E-state index contributed by atoms with van der Waals surface area (Å²) in [4.78, 5) is 9.36. The lowest BCUT2D eigenvalue weighted by Crippen LogP contribution is -2.42. The lowest BCUT2D eigenvalue weighted by Gasteiger charge is -2.34. The fourth-order valence-electron chi connectivity index (χ4n) is 3.13. The van der Waals surface area contributed by atoms with Crippen molar-refractivity contribution >= 4 is 29.9 Å². The van der Waals surface area contributed by atoms with Gasteiger partial charge < -0.3 is 20.3 Å². The van der Waals surface area contributed by atoms with Crippen LogP contribution in [-0.2, 0) is 4.74 Å². The second kappa shape index (κ2) is 14.1. The molecule has 0 spiro atoms. The van der Waals surface area contributed by atoms with E-state index >= 15 is 0 Å². The number of nitrogens with one attached hydrogen (secondary N) is 2. The van der Waals surface area contributed by atoms with Gasteiger partial charge in [-0.15, -0.1) is 24.0 Å². The van der Waals surface area contributed by atoms with Crippen LogP contribution in [0.25, 0.3) is 0 Å². The molecule has 0 aliphatic carbocycles. The van der Waals surface area contributed by atoms with Gasteiger partial charge in [-0.05, 0) is 51.7 Å². The molecule has 2 N–H and O–H groups in total. The summed E-state index contributed by atoms with van der Waals surface area (Å²) in [6.07, 6.45) is 1.06. The summed E-state index contributed by atoms with van der Waals surface area (Å²) in [5.74, 6) is 0.621. The van der Waals surface area contributed by atoms with Crippen LogP contribution < -0.4 is 10.6 Å². The number of benzene rings is 1. The first-order valence-electron chi connectivity index (χ1n) is 9.84. The summed E-state index contributed by atoms with van der Waals surface area (Å²) in [6.45, 7) is 8.60. The Labute approximate surface area is 185 Å². The molecule has 1 aromatic carbocycles. The van der Waals surface area contributed by atoms with Crippen molar-refractivity contribution in [1.82, 2.24) is 20.4 Å². The standard InChI is InChI=1S/C20H34FN5O.HI/c1-4-22-20(23-10-5-11-25(2)3)24-16-19(26-12-14-27-15-13-26)17-6-8-18(21)9-7-17;/h6-9,19H,4-5,10-16H2,1-3H3,(H2,22,23,24);1H. The lowest BCUT2D eigenvalue weighted by molar-refractivity contribution is 0.0179. The van der Waals surface area contributed by atoms with Crippen molar-refractivity contribution < 1.29 is 9.13 Å². The summed E-state index contributed by atoms with van der Waals surface area (Å²) in [6, 6.07) is 6.89. The zero-order valence-electron chi connectivity index (χ0n) is 17.3. The van der Waals surface area contributed by atoms with Crippen molar-refractivity contribution in [3.8, 4) is 0 Å². The summed E-state index contributed by atoms with van der Waals surface area (Å²) in [5, 5.41) is 6.72. The van der Waals surface area contributed by atoms with E-state index in [9.17, 15) is 4.39 Å². The summed E-state index contributed by atoms with van der Waals surface area (Å²) in [7, 11) is 4.16. The molecule has 1 atom stereocenters. The third-order valence-corrected chi connectivity index (χ3v) is 4.58. The van der Waals surface area contributed by atoms with Crippen LogP contribution in [0.2, 0.25) is 0 Å². The van der Waals surface area contributed by atoms with Gasteiger partial charge in [-0.25, -0.2) is 4.39 Å². The molecule has 1 fully saturated rings. The molecule has 1 saturated heterocycles.